The molecule has 1 aliphatic carbocycles. The molecular formula is C29H36Cl2N4O4. The first-order valence-electron chi connectivity index (χ1n) is 13.5. The lowest BCUT2D eigenvalue weighted by Gasteiger charge is -2.30. The first-order valence-corrected chi connectivity index (χ1v) is 14.2. The first-order chi connectivity index (χ1) is 18.7. The van der Waals surface area contributed by atoms with Crippen LogP contribution in [-0.4, -0.2) is 67.5 Å². The van der Waals surface area contributed by atoms with Crippen LogP contribution in [0.3, 0.4) is 0 Å². The molecule has 0 spiro atoms. The molecule has 1 heterocycles. The van der Waals surface area contributed by atoms with Crippen LogP contribution in [0.2, 0.25) is 10.0 Å². The van der Waals surface area contributed by atoms with Crippen molar-refractivity contribution in [3.8, 4) is 5.75 Å². The van der Waals surface area contributed by atoms with Crippen LogP contribution >= 0.6 is 23.2 Å². The summed E-state index contributed by atoms with van der Waals surface area (Å²) in [4.78, 5) is 41.4. The maximum absolute atomic E-state index is 13.4. The molecule has 2 aromatic rings. The van der Waals surface area contributed by atoms with Crippen LogP contribution in [0, 0.1) is 5.92 Å². The van der Waals surface area contributed by atoms with Crippen LogP contribution in [-0.2, 0) is 27.2 Å². The van der Waals surface area contributed by atoms with Crippen LogP contribution in [0.1, 0.15) is 37.3 Å². The first kappa shape index (κ1) is 29.2. The van der Waals surface area contributed by atoms with Crippen molar-refractivity contribution in [1.29, 1.82) is 0 Å². The van der Waals surface area contributed by atoms with Gasteiger partial charge in [-0.25, -0.2) is 0 Å². The van der Waals surface area contributed by atoms with Crippen molar-refractivity contribution in [2.24, 2.45) is 5.92 Å². The van der Waals surface area contributed by atoms with E-state index in [4.69, 9.17) is 27.9 Å². The molecule has 2 aromatic carbocycles. The SMILES string of the molecule is C[C@@H]1C(=O)N[C@H](Cc2ccc(Cl)cc2)C(=O)NCCCc2ccc(Cl)cc2OCCN[C@@H](C2CC2)C(=O)N1C. The number of aryl methyl sites for hydroxylation is 1. The van der Waals surface area contributed by atoms with Crippen molar-refractivity contribution in [2.45, 2.75) is 57.2 Å². The molecule has 3 amide bonds. The lowest BCUT2D eigenvalue weighted by atomic mass is 10.0. The van der Waals surface area contributed by atoms with E-state index < -0.39 is 18.1 Å². The van der Waals surface area contributed by atoms with Gasteiger partial charge in [-0.15, -0.1) is 0 Å². The van der Waals surface area contributed by atoms with Gasteiger partial charge in [0.15, 0.2) is 0 Å². The summed E-state index contributed by atoms with van der Waals surface area (Å²) in [6, 6.07) is 10.8. The standard InChI is InChI=1S/C29H36Cl2N4O4/c1-18-27(36)34-24(16-19-5-10-22(30)11-6-19)28(37)33-13-3-4-20-9-12-23(31)17-25(20)39-15-14-32-26(21-7-8-21)29(38)35(18)2/h5-6,9-12,17-18,21,24,26,32H,3-4,7-8,13-16H2,1-2H3,(H,33,37)(H,34,36)/t18-,24-,26+/m1/s1. The van der Waals surface area contributed by atoms with Gasteiger partial charge in [0.25, 0.3) is 0 Å². The lowest BCUT2D eigenvalue weighted by molar-refractivity contribution is -0.141. The van der Waals surface area contributed by atoms with Crippen molar-refractivity contribution in [3.63, 3.8) is 0 Å². The lowest BCUT2D eigenvalue weighted by Crippen LogP contribution is -2.56. The van der Waals surface area contributed by atoms with Crippen LogP contribution in [0.4, 0.5) is 0 Å². The van der Waals surface area contributed by atoms with Gasteiger partial charge in [-0.05, 0) is 73.9 Å². The van der Waals surface area contributed by atoms with Gasteiger partial charge in [-0.2, -0.15) is 0 Å². The van der Waals surface area contributed by atoms with Gasteiger partial charge in [0.1, 0.15) is 24.4 Å². The third-order valence-electron chi connectivity index (χ3n) is 7.33. The molecule has 3 atom stereocenters. The molecule has 1 fully saturated rings. The average Bonchev–Trinajstić information content (AvgIpc) is 3.76. The number of benzene rings is 2. The van der Waals surface area contributed by atoms with Crippen molar-refractivity contribution in [1.82, 2.24) is 20.9 Å². The predicted molar refractivity (Wildman–Crippen MR) is 152 cm³/mol. The van der Waals surface area contributed by atoms with Crippen LogP contribution in [0.15, 0.2) is 42.5 Å². The van der Waals surface area contributed by atoms with Crippen LogP contribution < -0.4 is 20.7 Å². The fourth-order valence-electron chi connectivity index (χ4n) is 4.69. The number of ether oxygens (including phenoxy) is 1. The number of nitrogens with one attached hydrogen (secondary N) is 3. The Hall–Kier alpha value is -2.81. The fourth-order valence-corrected chi connectivity index (χ4v) is 4.98. The van der Waals surface area contributed by atoms with Crippen LogP contribution in [0.5, 0.6) is 5.75 Å². The summed E-state index contributed by atoms with van der Waals surface area (Å²) in [5, 5.41) is 10.4. The molecule has 1 aliphatic heterocycles. The largest absolute Gasteiger partial charge is 0.492 e. The third kappa shape index (κ3) is 8.10. The topological polar surface area (TPSA) is 99.8 Å². The second-order valence-electron chi connectivity index (χ2n) is 10.3. The zero-order valence-electron chi connectivity index (χ0n) is 22.3. The van der Waals surface area contributed by atoms with E-state index in [1.807, 2.05) is 24.3 Å². The molecule has 0 radical (unpaired) electrons. The molecule has 10 heteroatoms. The highest BCUT2D eigenvalue weighted by atomic mass is 35.5. The Bertz CT molecular complexity index is 1170. The number of hydrogen-bond acceptors (Lipinski definition) is 5. The van der Waals surface area contributed by atoms with E-state index in [1.165, 1.54) is 4.90 Å². The van der Waals surface area contributed by atoms with E-state index in [9.17, 15) is 14.4 Å². The second kappa shape index (κ2) is 13.5. The quantitative estimate of drug-likeness (QED) is 0.522. The van der Waals surface area contributed by atoms with E-state index >= 15 is 0 Å². The number of hydrogen-bond donors (Lipinski definition) is 3. The molecule has 0 unspecified atom stereocenters. The highest BCUT2D eigenvalue weighted by Gasteiger charge is 2.39. The normalized spacial score (nSPS) is 24.1. The van der Waals surface area contributed by atoms with E-state index in [-0.39, 0.29) is 23.6 Å². The van der Waals surface area contributed by atoms with Crippen molar-refractivity contribution in [2.75, 3.05) is 26.7 Å². The zero-order valence-corrected chi connectivity index (χ0v) is 23.9. The molecule has 0 saturated heterocycles. The van der Waals surface area contributed by atoms with Gasteiger partial charge >= 0.3 is 0 Å². The maximum Gasteiger partial charge on any atom is 0.243 e. The summed E-state index contributed by atoms with van der Waals surface area (Å²) in [6.45, 7) is 2.95. The number of amides is 3. The summed E-state index contributed by atoms with van der Waals surface area (Å²) < 4.78 is 6.04. The number of rotatable bonds is 3. The van der Waals surface area contributed by atoms with E-state index in [0.29, 0.717) is 54.8 Å². The van der Waals surface area contributed by atoms with E-state index in [2.05, 4.69) is 16.0 Å². The van der Waals surface area contributed by atoms with Gasteiger partial charge in [0.05, 0.1) is 6.04 Å². The smallest absolute Gasteiger partial charge is 0.243 e. The Kier molecular flexibility index (Phi) is 10.1. The summed E-state index contributed by atoms with van der Waals surface area (Å²) in [7, 11) is 1.63. The minimum absolute atomic E-state index is 0.150. The van der Waals surface area contributed by atoms with E-state index in [1.54, 1.807) is 32.2 Å². The molecular weight excluding hydrogens is 539 g/mol. The number of carbonyl (C=O) groups excluding carboxylic acids is 3. The van der Waals surface area contributed by atoms with Gasteiger partial charge in [-0.3, -0.25) is 14.4 Å². The fraction of sp³-hybridized carbons (Fsp3) is 0.483. The van der Waals surface area contributed by atoms with Gasteiger partial charge in [-0.1, -0.05) is 41.4 Å². The molecule has 210 valence electrons. The minimum Gasteiger partial charge on any atom is -0.492 e. The molecule has 0 aromatic heterocycles. The van der Waals surface area contributed by atoms with Gasteiger partial charge < -0.3 is 25.6 Å². The van der Waals surface area contributed by atoms with Gasteiger partial charge in [0, 0.05) is 36.6 Å². The Balaban J connectivity index is 1.55. The summed E-state index contributed by atoms with van der Waals surface area (Å²) in [6.07, 6.45) is 3.57. The Labute approximate surface area is 239 Å². The number of likely N-dealkylation sites (N-methyl/N-ethyl adjacent to an activating group) is 1. The predicted octanol–water partition coefficient (Wildman–Crippen LogP) is 3.38. The van der Waals surface area contributed by atoms with Crippen molar-refractivity contribution < 1.29 is 19.1 Å². The Morgan fingerprint density at radius 1 is 0.974 bits per heavy atom. The summed E-state index contributed by atoms with van der Waals surface area (Å²) in [5.74, 6) is 0.106. The average molecular weight is 576 g/mol. The number of nitrogens with zero attached hydrogens (tertiary/aromatic N) is 1. The van der Waals surface area contributed by atoms with Gasteiger partial charge in [0.2, 0.25) is 17.7 Å². The molecule has 2 aliphatic rings. The maximum atomic E-state index is 13.4. The molecule has 1 saturated carbocycles. The highest BCUT2D eigenvalue weighted by molar-refractivity contribution is 6.30. The monoisotopic (exact) mass is 574 g/mol. The molecule has 8 nitrogen and oxygen atoms in total. The summed E-state index contributed by atoms with van der Waals surface area (Å²) >= 11 is 12.2. The highest BCUT2D eigenvalue weighted by Crippen LogP contribution is 2.33. The number of halogens is 2. The Morgan fingerprint density at radius 3 is 2.41 bits per heavy atom. The Morgan fingerprint density at radius 2 is 1.69 bits per heavy atom. The molecule has 39 heavy (non-hydrogen) atoms. The van der Waals surface area contributed by atoms with Crippen LogP contribution in [0.25, 0.3) is 0 Å². The van der Waals surface area contributed by atoms with Crippen molar-refractivity contribution >= 4 is 40.9 Å². The third-order valence-corrected chi connectivity index (χ3v) is 7.82. The molecule has 4 rings (SSSR count). The van der Waals surface area contributed by atoms with E-state index in [0.717, 1.165) is 24.0 Å². The second-order valence-corrected chi connectivity index (χ2v) is 11.2. The molecule has 0 bridgehead atoms. The molecule has 3 N–H and O–H groups in total. The summed E-state index contributed by atoms with van der Waals surface area (Å²) in [5.41, 5.74) is 1.85. The number of carbonyl (C=O) groups is 3. The zero-order chi connectivity index (χ0) is 27.9. The number of fused-ring (bicyclic) bond motifs is 1. The minimum atomic E-state index is -0.810. The van der Waals surface area contributed by atoms with Crippen molar-refractivity contribution in [3.05, 3.63) is 63.6 Å².